The number of sulfonamides is 1. The molecule has 2 saturated heterocycles. The summed E-state index contributed by atoms with van der Waals surface area (Å²) in [5.41, 5.74) is 7.48. The molecule has 63 heavy (non-hydrogen) atoms. The molecule has 2 aliphatic carbocycles. The van der Waals surface area contributed by atoms with Crippen LogP contribution in [0.2, 0.25) is 0 Å². The molecule has 9 rings (SSSR count). The minimum Gasteiger partial charge on any atom is -0.455 e. The molecule has 2 aromatic heterocycles. The molecule has 2 N–H and O–H groups in total. The van der Waals surface area contributed by atoms with E-state index in [-0.39, 0.29) is 34.1 Å². The van der Waals surface area contributed by atoms with Crippen LogP contribution in [0.4, 0.5) is 17.1 Å². The number of H-pyrrole nitrogens is 1. The number of hydrogen-bond donors (Lipinski definition) is 2. The molecule has 2 aliphatic heterocycles. The number of aromatic nitrogens is 2. The van der Waals surface area contributed by atoms with E-state index in [0.29, 0.717) is 37.5 Å². The molecule has 0 radical (unpaired) electrons. The van der Waals surface area contributed by atoms with Gasteiger partial charge in [0.05, 0.1) is 21.6 Å². The third kappa shape index (κ3) is 9.46. The zero-order valence-electron chi connectivity index (χ0n) is 36.1. The van der Waals surface area contributed by atoms with E-state index in [0.717, 1.165) is 68.6 Å². The Morgan fingerprint density at radius 1 is 1.00 bits per heavy atom. The smallest absolute Gasteiger partial charge is 0.293 e. The number of piperazine rings is 1. The highest BCUT2D eigenvalue weighted by Crippen LogP contribution is 2.45. The van der Waals surface area contributed by atoms with Crippen LogP contribution in [-0.4, -0.2) is 93.1 Å². The largest absolute Gasteiger partial charge is 0.455 e. The molecule has 1 saturated carbocycles. The van der Waals surface area contributed by atoms with Crippen molar-refractivity contribution in [2.24, 2.45) is 5.41 Å². The lowest BCUT2D eigenvalue weighted by atomic mass is 9.72. The molecule has 4 heterocycles. The van der Waals surface area contributed by atoms with Gasteiger partial charge in [0.15, 0.2) is 0 Å². The normalized spacial score (nSPS) is 18.7. The average molecular weight is 874 g/mol. The lowest BCUT2D eigenvalue weighted by molar-refractivity contribution is -0.384. The lowest BCUT2D eigenvalue weighted by Gasteiger charge is -2.39. The maximum atomic E-state index is 14.0. The minimum absolute atomic E-state index is 0.00157. The number of nitro benzene ring substituents is 1. The summed E-state index contributed by atoms with van der Waals surface area (Å²) in [4.78, 5) is 39.3. The fourth-order valence-corrected chi connectivity index (χ4v) is 10.3. The Bertz CT molecular complexity index is 2660. The zero-order chi connectivity index (χ0) is 43.9. The third-order valence-electron chi connectivity index (χ3n) is 13.3. The third-order valence-corrected chi connectivity index (χ3v) is 14.6. The van der Waals surface area contributed by atoms with Crippen molar-refractivity contribution < 1.29 is 27.6 Å². The molecular weight excluding hydrogens is 819 g/mol. The van der Waals surface area contributed by atoms with E-state index in [9.17, 15) is 23.3 Å². The molecular formula is C48H55N7O7S. The Kier molecular flexibility index (Phi) is 11.8. The molecule has 0 atom stereocenters. The van der Waals surface area contributed by atoms with E-state index in [2.05, 4.69) is 62.6 Å². The van der Waals surface area contributed by atoms with Gasteiger partial charge in [-0.2, -0.15) is 0 Å². The van der Waals surface area contributed by atoms with Gasteiger partial charge in [-0.25, -0.2) is 18.1 Å². The van der Waals surface area contributed by atoms with Gasteiger partial charge in [-0.3, -0.25) is 19.8 Å². The van der Waals surface area contributed by atoms with Gasteiger partial charge in [-0.15, -0.1) is 0 Å². The first kappa shape index (κ1) is 42.5. The summed E-state index contributed by atoms with van der Waals surface area (Å²) in [5, 5.41) is 13.0. The van der Waals surface area contributed by atoms with Crippen molar-refractivity contribution in [1.29, 1.82) is 0 Å². The maximum Gasteiger partial charge on any atom is 0.293 e. The average Bonchev–Trinajstić information content (AvgIpc) is 4.03. The van der Waals surface area contributed by atoms with Crippen LogP contribution >= 0.6 is 0 Å². The number of nitrogens with one attached hydrogen (secondary N) is 2. The van der Waals surface area contributed by atoms with Gasteiger partial charge in [0.1, 0.15) is 22.8 Å². The summed E-state index contributed by atoms with van der Waals surface area (Å²) >= 11 is 0. The number of anilines is 2. The van der Waals surface area contributed by atoms with E-state index in [1.807, 2.05) is 6.07 Å². The van der Waals surface area contributed by atoms with Gasteiger partial charge in [0.25, 0.3) is 21.6 Å². The summed E-state index contributed by atoms with van der Waals surface area (Å²) in [6.45, 7) is 9.96. The number of pyridine rings is 1. The highest BCUT2D eigenvalue weighted by molar-refractivity contribution is 7.90. The van der Waals surface area contributed by atoms with Gasteiger partial charge < -0.3 is 24.3 Å². The van der Waals surface area contributed by atoms with Crippen LogP contribution in [-0.2, 0) is 14.8 Å². The van der Waals surface area contributed by atoms with Crippen LogP contribution < -0.4 is 19.3 Å². The topological polar surface area (TPSA) is 163 Å². The SMILES string of the molecule is CN(c1ccc(S(=O)(=O)NC(=O)c2ccc(N3CCN(CC4=C(c5ccc(C6CC6)cc5)CC(C)(C)CC4)CC3)cc2Oc2cnc3[nH]ccc3c2)cc1[N+](=O)[O-])C1CCOCC1. The van der Waals surface area contributed by atoms with Crippen molar-refractivity contribution in [2.45, 2.75) is 75.6 Å². The van der Waals surface area contributed by atoms with Crippen LogP contribution in [0.1, 0.15) is 86.2 Å². The van der Waals surface area contributed by atoms with Gasteiger partial charge >= 0.3 is 0 Å². The number of carbonyl (C=O) groups excluding carboxylic acids is 1. The Morgan fingerprint density at radius 2 is 1.76 bits per heavy atom. The first-order chi connectivity index (χ1) is 30.3. The summed E-state index contributed by atoms with van der Waals surface area (Å²) < 4.78 is 41.5. The number of carbonyl (C=O) groups is 1. The van der Waals surface area contributed by atoms with Crippen LogP contribution in [0.3, 0.4) is 0 Å². The first-order valence-corrected chi connectivity index (χ1v) is 23.5. The molecule has 1 amide bonds. The Hall–Kier alpha value is -5.77. The highest BCUT2D eigenvalue weighted by atomic mass is 32.2. The molecule has 5 aromatic rings. The van der Waals surface area contributed by atoms with E-state index in [1.54, 1.807) is 42.4 Å². The Morgan fingerprint density at radius 3 is 2.49 bits per heavy atom. The lowest BCUT2D eigenvalue weighted by Crippen LogP contribution is -2.47. The minimum atomic E-state index is -4.56. The standard InChI is InChI=1S/C48H55N7O7S/c1-48(2)18-14-36(42(29-48)34-8-6-33(7-9-34)32-4-5-32)31-53-20-22-54(23-21-53)38-10-12-41(45(27-38)62-39-26-35-15-19-49-46(35)50-30-39)47(56)51-63(59,60)40-11-13-43(44(28-40)55(57)58)52(3)37-16-24-61-25-17-37/h6-13,15,19,26-28,30,32,37H,4-5,14,16-18,20-25,29,31H2,1-3H3,(H,49,50)(H,51,56). The van der Waals surface area contributed by atoms with Crippen LogP contribution in [0, 0.1) is 15.5 Å². The quantitative estimate of drug-likeness (QED) is 0.0860. The van der Waals surface area contributed by atoms with E-state index in [1.165, 1.54) is 59.9 Å². The number of aromatic amines is 1. The number of nitro groups is 1. The van der Waals surface area contributed by atoms with Crippen LogP contribution in [0.25, 0.3) is 16.6 Å². The molecule has 14 nitrogen and oxygen atoms in total. The van der Waals surface area contributed by atoms with E-state index < -0.39 is 25.7 Å². The summed E-state index contributed by atoms with van der Waals surface area (Å²) in [6.07, 6.45) is 10.6. The monoisotopic (exact) mass is 873 g/mol. The number of hydrogen-bond acceptors (Lipinski definition) is 11. The number of fused-ring (bicyclic) bond motifs is 1. The number of nitrogens with zero attached hydrogens (tertiary/aromatic N) is 5. The van der Waals surface area contributed by atoms with Crippen molar-refractivity contribution >= 4 is 49.6 Å². The van der Waals surface area contributed by atoms with E-state index >= 15 is 0 Å². The Balaban J connectivity index is 0.936. The maximum absolute atomic E-state index is 14.0. The second-order valence-corrected chi connectivity index (χ2v) is 19.9. The van der Waals surface area contributed by atoms with Gasteiger partial charge in [-0.05, 0) is 109 Å². The van der Waals surface area contributed by atoms with Crippen LogP contribution in [0.5, 0.6) is 11.5 Å². The summed E-state index contributed by atoms with van der Waals surface area (Å²) in [5.74, 6) is 0.306. The summed E-state index contributed by atoms with van der Waals surface area (Å²) in [6, 6.07) is 21.8. The Labute approximate surface area is 368 Å². The molecule has 4 aliphatic rings. The van der Waals surface area contributed by atoms with Crippen LogP contribution in [0.15, 0.2) is 95.7 Å². The van der Waals surface area contributed by atoms with Gasteiger partial charge in [-0.1, -0.05) is 43.7 Å². The number of benzene rings is 3. The van der Waals surface area contributed by atoms with Gasteiger partial charge in [0, 0.05) is 88.4 Å². The molecule has 0 spiro atoms. The molecule has 0 bridgehead atoms. The zero-order valence-corrected chi connectivity index (χ0v) is 37.0. The van der Waals surface area contributed by atoms with Gasteiger partial charge in [0.2, 0.25) is 0 Å². The second-order valence-electron chi connectivity index (χ2n) is 18.2. The number of rotatable bonds is 13. The molecule has 330 valence electrons. The molecule has 0 unspecified atom stereocenters. The number of amides is 1. The van der Waals surface area contributed by atoms with Crippen molar-refractivity contribution in [2.75, 3.05) is 62.8 Å². The molecule has 3 fully saturated rings. The second kappa shape index (κ2) is 17.4. The summed E-state index contributed by atoms with van der Waals surface area (Å²) in [7, 11) is -2.80. The predicted octanol–water partition coefficient (Wildman–Crippen LogP) is 8.66. The van der Waals surface area contributed by atoms with Crippen molar-refractivity contribution in [3.05, 3.63) is 118 Å². The number of allylic oxidation sites excluding steroid dienone is 1. The van der Waals surface area contributed by atoms with Crippen molar-refractivity contribution in [3.8, 4) is 11.5 Å². The predicted molar refractivity (Wildman–Crippen MR) is 244 cm³/mol. The first-order valence-electron chi connectivity index (χ1n) is 22.0. The van der Waals surface area contributed by atoms with Crippen molar-refractivity contribution in [1.82, 2.24) is 19.6 Å². The van der Waals surface area contributed by atoms with Crippen molar-refractivity contribution in [3.63, 3.8) is 0 Å². The highest BCUT2D eigenvalue weighted by Gasteiger charge is 2.32. The fraction of sp³-hybridized carbons (Fsp3) is 0.417. The molecule has 15 heteroatoms. The molecule has 3 aromatic carbocycles. The van der Waals surface area contributed by atoms with E-state index in [4.69, 9.17) is 9.47 Å². The fourth-order valence-electron chi connectivity index (χ4n) is 9.32. The number of ether oxygens (including phenoxy) is 2.